The fourth-order valence-corrected chi connectivity index (χ4v) is 2.34. The largest absolute Gasteiger partial charge is 0.497 e. The van der Waals surface area contributed by atoms with Gasteiger partial charge in [0.15, 0.2) is 0 Å². The number of fused-ring (bicyclic) bond motifs is 1. The van der Waals surface area contributed by atoms with Crippen LogP contribution in [0.15, 0.2) is 42.9 Å². The van der Waals surface area contributed by atoms with Crippen LogP contribution in [-0.2, 0) is 6.42 Å². The van der Waals surface area contributed by atoms with Crippen LogP contribution in [0, 0.1) is 0 Å². The number of aromatic nitrogens is 3. The van der Waals surface area contributed by atoms with Gasteiger partial charge >= 0.3 is 0 Å². The fourth-order valence-electron chi connectivity index (χ4n) is 2.34. The van der Waals surface area contributed by atoms with E-state index in [4.69, 9.17) is 10.5 Å². The van der Waals surface area contributed by atoms with Crippen molar-refractivity contribution < 1.29 is 4.74 Å². The Labute approximate surface area is 117 Å². The zero-order valence-corrected chi connectivity index (χ0v) is 11.3. The summed E-state index contributed by atoms with van der Waals surface area (Å²) in [7, 11) is 1.67. The third kappa shape index (κ3) is 2.12. The minimum atomic E-state index is 0.603. The fraction of sp³-hybridized carbons (Fsp3) is 0.200. The number of hydrogen-bond donors (Lipinski definition) is 1. The minimum absolute atomic E-state index is 0.603. The Balaban J connectivity index is 2.23. The summed E-state index contributed by atoms with van der Waals surface area (Å²) in [5.74, 6) is 1.49. The highest BCUT2D eigenvalue weighted by Crippen LogP contribution is 2.27. The number of benzene rings is 1. The van der Waals surface area contributed by atoms with Gasteiger partial charge in [0, 0.05) is 24.0 Å². The van der Waals surface area contributed by atoms with E-state index < -0.39 is 0 Å². The molecule has 0 atom stereocenters. The smallest absolute Gasteiger partial charge is 0.234 e. The number of methoxy groups -OCH3 is 1. The van der Waals surface area contributed by atoms with Crippen LogP contribution in [0.25, 0.3) is 16.9 Å². The zero-order chi connectivity index (χ0) is 13.9. The predicted molar refractivity (Wildman–Crippen MR) is 78.2 cm³/mol. The monoisotopic (exact) mass is 268 g/mol. The molecule has 0 fully saturated rings. The van der Waals surface area contributed by atoms with E-state index >= 15 is 0 Å². The molecule has 5 nitrogen and oxygen atoms in total. The Hall–Kier alpha value is -2.40. The number of hydrogen-bond acceptors (Lipinski definition) is 4. The molecule has 2 aromatic heterocycles. The topological polar surface area (TPSA) is 66.0 Å². The minimum Gasteiger partial charge on any atom is -0.497 e. The molecule has 0 saturated heterocycles. The lowest BCUT2D eigenvalue weighted by Crippen LogP contribution is -2.02. The van der Waals surface area contributed by atoms with Crippen molar-refractivity contribution in [2.24, 2.45) is 5.73 Å². The molecule has 20 heavy (non-hydrogen) atoms. The van der Waals surface area contributed by atoms with Gasteiger partial charge in [-0.2, -0.15) is 0 Å². The SMILES string of the molecule is COc1ccc2c(c1)c(CCN)cn2-c1ncccn1. The van der Waals surface area contributed by atoms with Crippen molar-refractivity contribution in [2.75, 3.05) is 13.7 Å². The van der Waals surface area contributed by atoms with E-state index in [9.17, 15) is 0 Å². The van der Waals surface area contributed by atoms with E-state index in [1.165, 1.54) is 5.56 Å². The third-order valence-corrected chi connectivity index (χ3v) is 3.28. The molecular weight excluding hydrogens is 252 g/mol. The van der Waals surface area contributed by atoms with E-state index in [1.807, 2.05) is 29.0 Å². The second-order valence-corrected chi connectivity index (χ2v) is 4.49. The Morgan fingerprint density at radius 1 is 1.25 bits per heavy atom. The molecular formula is C15H16N4O. The Bertz CT molecular complexity index is 721. The number of ether oxygens (including phenoxy) is 1. The lowest BCUT2D eigenvalue weighted by molar-refractivity contribution is 0.415. The van der Waals surface area contributed by atoms with E-state index in [0.717, 1.165) is 23.1 Å². The first-order valence-corrected chi connectivity index (χ1v) is 6.49. The van der Waals surface area contributed by atoms with Gasteiger partial charge in [0.2, 0.25) is 5.95 Å². The van der Waals surface area contributed by atoms with Gasteiger partial charge in [-0.3, -0.25) is 4.57 Å². The van der Waals surface area contributed by atoms with Crippen molar-refractivity contribution in [2.45, 2.75) is 6.42 Å². The highest BCUT2D eigenvalue weighted by Gasteiger charge is 2.11. The summed E-state index contributed by atoms with van der Waals surface area (Å²) >= 11 is 0. The highest BCUT2D eigenvalue weighted by molar-refractivity contribution is 5.86. The van der Waals surface area contributed by atoms with Crippen LogP contribution in [-0.4, -0.2) is 28.2 Å². The number of nitrogens with two attached hydrogens (primary N) is 1. The van der Waals surface area contributed by atoms with Crippen molar-refractivity contribution in [3.8, 4) is 11.7 Å². The lowest BCUT2D eigenvalue weighted by atomic mass is 10.1. The molecule has 0 bridgehead atoms. The highest BCUT2D eigenvalue weighted by atomic mass is 16.5. The van der Waals surface area contributed by atoms with Crippen LogP contribution < -0.4 is 10.5 Å². The Morgan fingerprint density at radius 2 is 2.05 bits per heavy atom. The summed E-state index contributed by atoms with van der Waals surface area (Å²) in [6.07, 6.45) is 6.33. The maximum absolute atomic E-state index is 5.70. The van der Waals surface area contributed by atoms with E-state index in [2.05, 4.69) is 9.97 Å². The summed E-state index contributed by atoms with van der Waals surface area (Å²) < 4.78 is 7.28. The molecule has 0 aliphatic carbocycles. The number of nitrogens with zero attached hydrogens (tertiary/aromatic N) is 3. The molecule has 0 aliphatic rings. The second-order valence-electron chi connectivity index (χ2n) is 4.49. The van der Waals surface area contributed by atoms with Crippen LogP contribution in [0.5, 0.6) is 5.75 Å². The van der Waals surface area contributed by atoms with Crippen molar-refractivity contribution in [1.29, 1.82) is 0 Å². The van der Waals surface area contributed by atoms with Crippen molar-refractivity contribution in [1.82, 2.24) is 14.5 Å². The summed E-state index contributed by atoms with van der Waals surface area (Å²) in [6.45, 7) is 0.603. The molecule has 0 unspecified atom stereocenters. The molecule has 102 valence electrons. The Kier molecular flexibility index (Phi) is 3.35. The van der Waals surface area contributed by atoms with E-state index in [1.54, 1.807) is 25.6 Å². The Morgan fingerprint density at radius 3 is 2.75 bits per heavy atom. The zero-order valence-electron chi connectivity index (χ0n) is 11.3. The quantitative estimate of drug-likeness (QED) is 0.785. The number of rotatable bonds is 4. The molecule has 0 spiro atoms. The predicted octanol–water partition coefficient (Wildman–Crippen LogP) is 1.93. The summed E-state index contributed by atoms with van der Waals surface area (Å²) in [4.78, 5) is 8.61. The normalized spacial score (nSPS) is 10.9. The molecule has 2 N–H and O–H groups in total. The molecule has 5 heteroatoms. The first kappa shape index (κ1) is 12.6. The van der Waals surface area contributed by atoms with Crippen LogP contribution >= 0.6 is 0 Å². The molecule has 0 amide bonds. The molecule has 0 radical (unpaired) electrons. The average Bonchev–Trinajstić information content (AvgIpc) is 2.86. The standard InChI is InChI=1S/C15H16N4O/c1-20-12-3-4-14-13(9-12)11(5-6-16)10-19(14)15-17-7-2-8-18-15/h2-4,7-10H,5-6,16H2,1H3. The van der Waals surface area contributed by atoms with Crippen LogP contribution in [0.2, 0.25) is 0 Å². The van der Waals surface area contributed by atoms with Crippen LogP contribution in [0.4, 0.5) is 0 Å². The molecule has 3 rings (SSSR count). The summed E-state index contributed by atoms with van der Waals surface area (Å²) in [5.41, 5.74) is 7.93. The summed E-state index contributed by atoms with van der Waals surface area (Å²) in [5, 5.41) is 1.13. The molecule has 0 saturated carbocycles. The molecule has 3 aromatic rings. The maximum Gasteiger partial charge on any atom is 0.234 e. The van der Waals surface area contributed by atoms with Crippen LogP contribution in [0.1, 0.15) is 5.56 Å². The van der Waals surface area contributed by atoms with Gasteiger partial charge in [0.1, 0.15) is 5.75 Å². The van der Waals surface area contributed by atoms with Gasteiger partial charge in [-0.25, -0.2) is 9.97 Å². The van der Waals surface area contributed by atoms with Crippen molar-refractivity contribution in [3.05, 3.63) is 48.4 Å². The van der Waals surface area contributed by atoms with E-state index in [-0.39, 0.29) is 0 Å². The maximum atomic E-state index is 5.70. The third-order valence-electron chi connectivity index (χ3n) is 3.28. The van der Waals surface area contributed by atoms with Crippen molar-refractivity contribution >= 4 is 10.9 Å². The average molecular weight is 268 g/mol. The van der Waals surface area contributed by atoms with Crippen LogP contribution in [0.3, 0.4) is 0 Å². The van der Waals surface area contributed by atoms with Gasteiger partial charge in [-0.05, 0) is 42.8 Å². The van der Waals surface area contributed by atoms with Crippen molar-refractivity contribution in [3.63, 3.8) is 0 Å². The molecule has 1 aromatic carbocycles. The lowest BCUT2D eigenvalue weighted by Gasteiger charge is -2.03. The van der Waals surface area contributed by atoms with Gasteiger partial charge in [-0.15, -0.1) is 0 Å². The van der Waals surface area contributed by atoms with Gasteiger partial charge in [0.05, 0.1) is 12.6 Å². The van der Waals surface area contributed by atoms with Gasteiger partial charge in [-0.1, -0.05) is 0 Å². The first-order valence-electron chi connectivity index (χ1n) is 6.49. The van der Waals surface area contributed by atoms with E-state index in [0.29, 0.717) is 12.5 Å². The summed E-state index contributed by atoms with van der Waals surface area (Å²) in [6, 6.07) is 7.79. The van der Waals surface area contributed by atoms with Gasteiger partial charge in [0.25, 0.3) is 0 Å². The van der Waals surface area contributed by atoms with Gasteiger partial charge < -0.3 is 10.5 Å². The first-order chi connectivity index (χ1) is 9.83. The molecule has 2 heterocycles. The second kappa shape index (κ2) is 5.30. The molecule has 0 aliphatic heterocycles.